The van der Waals surface area contributed by atoms with Gasteiger partial charge in [0.1, 0.15) is 11.5 Å². The number of para-hydroxylation sites is 2. The maximum absolute atomic E-state index is 14.8. The number of rotatable bonds is 4. The van der Waals surface area contributed by atoms with E-state index in [2.05, 4.69) is 27.3 Å². The van der Waals surface area contributed by atoms with E-state index in [1.54, 1.807) is 24.3 Å². The zero-order valence-electron chi connectivity index (χ0n) is 21.7. The van der Waals surface area contributed by atoms with Crippen molar-refractivity contribution in [3.63, 3.8) is 0 Å². The van der Waals surface area contributed by atoms with Crippen molar-refractivity contribution in [2.75, 3.05) is 10.2 Å². The number of fused-ring (bicyclic) bond motifs is 6. The standard InChI is InChI=1S/C34H25BrN2O3/c1-20-19-28-34(25-12-6-7-13-26(25)36-33(34)40)29(31(38)22-15-17-23(35)18-16-22)30(32(39)21-9-3-2-4-10-21)37(28)27-14-8-5-11-24(20)27/h2-19,28-30H,1H3,(H,36,40)/t28-,29+,30-,34+/m0/s1. The molecule has 4 aromatic rings. The third-order valence-corrected chi connectivity index (χ3v) is 9.15. The Hall–Kier alpha value is -4.29. The molecule has 196 valence electrons. The van der Waals surface area contributed by atoms with Crippen LogP contribution in [0, 0.1) is 5.92 Å². The molecular formula is C34H25BrN2O3. The first kappa shape index (κ1) is 24.7. The fourth-order valence-corrected chi connectivity index (χ4v) is 7.22. The Morgan fingerprint density at radius 1 is 0.800 bits per heavy atom. The summed E-state index contributed by atoms with van der Waals surface area (Å²) >= 11 is 3.46. The number of Topliss-reactive ketones (excluding diaryl/α,β-unsaturated/α-hetero) is 2. The van der Waals surface area contributed by atoms with E-state index in [-0.39, 0.29) is 17.5 Å². The first-order valence-electron chi connectivity index (χ1n) is 13.3. The number of hydrogen-bond donors (Lipinski definition) is 1. The molecule has 1 fully saturated rings. The zero-order chi connectivity index (χ0) is 27.6. The lowest BCUT2D eigenvalue weighted by molar-refractivity contribution is -0.121. The number of anilines is 2. The molecule has 4 atom stereocenters. The van der Waals surface area contributed by atoms with Crippen LogP contribution in [-0.2, 0) is 10.2 Å². The Labute approximate surface area is 240 Å². The summed E-state index contributed by atoms with van der Waals surface area (Å²) in [5.41, 5.74) is 3.93. The Kier molecular flexibility index (Phi) is 5.65. The van der Waals surface area contributed by atoms with Gasteiger partial charge in [-0.3, -0.25) is 14.4 Å². The molecular weight excluding hydrogens is 564 g/mol. The molecule has 6 heteroatoms. The molecule has 1 saturated heterocycles. The molecule has 4 aromatic carbocycles. The normalized spacial score (nSPS) is 24.1. The van der Waals surface area contributed by atoms with E-state index in [0.717, 1.165) is 26.9 Å². The van der Waals surface area contributed by atoms with Gasteiger partial charge in [-0.2, -0.15) is 0 Å². The number of nitrogens with one attached hydrogen (secondary N) is 1. The topological polar surface area (TPSA) is 66.5 Å². The first-order valence-corrected chi connectivity index (χ1v) is 14.1. The number of halogens is 1. The Morgan fingerprint density at radius 3 is 2.23 bits per heavy atom. The van der Waals surface area contributed by atoms with Crippen LogP contribution in [0.15, 0.2) is 114 Å². The molecule has 5 nitrogen and oxygen atoms in total. The van der Waals surface area contributed by atoms with E-state index < -0.39 is 23.4 Å². The minimum atomic E-state index is -1.31. The van der Waals surface area contributed by atoms with Gasteiger partial charge in [0.05, 0.1) is 12.0 Å². The highest BCUT2D eigenvalue weighted by Gasteiger charge is 2.70. The van der Waals surface area contributed by atoms with Crippen molar-refractivity contribution >= 4 is 50.4 Å². The van der Waals surface area contributed by atoms with Crippen LogP contribution in [0.3, 0.4) is 0 Å². The largest absolute Gasteiger partial charge is 0.352 e. The van der Waals surface area contributed by atoms with Crippen molar-refractivity contribution in [1.82, 2.24) is 0 Å². The van der Waals surface area contributed by atoms with Crippen LogP contribution in [-0.4, -0.2) is 29.6 Å². The molecule has 0 radical (unpaired) electrons. The van der Waals surface area contributed by atoms with E-state index in [1.807, 2.05) is 90.7 Å². The summed E-state index contributed by atoms with van der Waals surface area (Å²) in [6.45, 7) is 2.03. The van der Waals surface area contributed by atoms with Gasteiger partial charge in [0.25, 0.3) is 0 Å². The van der Waals surface area contributed by atoms with Gasteiger partial charge in [-0.05, 0) is 42.3 Å². The van der Waals surface area contributed by atoms with Crippen LogP contribution in [0.2, 0.25) is 0 Å². The van der Waals surface area contributed by atoms with Gasteiger partial charge >= 0.3 is 0 Å². The van der Waals surface area contributed by atoms with Crippen LogP contribution in [0.1, 0.15) is 38.8 Å². The molecule has 0 aliphatic carbocycles. The molecule has 1 amide bonds. The van der Waals surface area contributed by atoms with Crippen molar-refractivity contribution in [2.24, 2.45) is 5.92 Å². The fourth-order valence-electron chi connectivity index (χ4n) is 6.95. The lowest BCUT2D eigenvalue weighted by Gasteiger charge is -2.39. The second-order valence-corrected chi connectivity index (χ2v) is 11.5. The lowest BCUT2D eigenvalue weighted by Crippen LogP contribution is -2.51. The van der Waals surface area contributed by atoms with Crippen LogP contribution >= 0.6 is 15.9 Å². The molecule has 0 aromatic heterocycles. The van der Waals surface area contributed by atoms with Gasteiger partial charge in [-0.15, -0.1) is 0 Å². The third-order valence-electron chi connectivity index (χ3n) is 8.62. The molecule has 1 N–H and O–H groups in total. The molecule has 3 aliphatic rings. The molecule has 0 bridgehead atoms. The van der Waals surface area contributed by atoms with Crippen LogP contribution < -0.4 is 10.2 Å². The van der Waals surface area contributed by atoms with Crippen molar-refractivity contribution < 1.29 is 14.4 Å². The number of ketones is 2. The monoisotopic (exact) mass is 588 g/mol. The van der Waals surface area contributed by atoms with Gasteiger partial charge in [-0.25, -0.2) is 0 Å². The number of benzene rings is 4. The van der Waals surface area contributed by atoms with Gasteiger partial charge in [-0.1, -0.05) is 101 Å². The summed E-state index contributed by atoms with van der Waals surface area (Å²) < 4.78 is 0.843. The fraction of sp³-hybridized carbons (Fsp3) is 0.147. The second kappa shape index (κ2) is 9.14. The van der Waals surface area contributed by atoms with Crippen LogP contribution in [0.5, 0.6) is 0 Å². The predicted octanol–water partition coefficient (Wildman–Crippen LogP) is 6.70. The Balaban J connectivity index is 1.56. The first-order chi connectivity index (χ1) is 19.4. The Bertz CT molecular complexity index is 1730. The molecule has 0 saturated carbocycles. The van der Waals surface area contributed by atoms with Crippen LogP contribution in [0.25, 0.3) is 5.57 Å². The molecule has 7 rings (SSSR count). The quantitative estimate of drug-likeness (QED) is 0.269. The molecule has 3 aliphatic heterocycles. The summed E-state index contributed by atoms with van der Waals surface area (Å²) in [5, 5.41) is 3.08. The predicted molar refractivity (Wildman–Crippen MR) is 160 cm³/mol. The zero-order valence-corrected chi connectivity index (χ0v) is 23.3. The molecule has 1 spiro atoms. The smallest absolute Gasteiger partial charge is 0.238 e. The van der Waals surface area contributed by atoms with Gasteiger partial charge < -0.3 is 10.2 Å². The Morgan fingerprint density at radius 2 is 1.45 bits per heavy atom. The minimum absolute atomic E-state index is 0.183. The van der Waals surface area contributed by atoms with Gasteiger partial charge in [0, 0.05) is 32.5 Å². The molecule has 0 unspecified atom stereocenters. The van der Waals surface area contributed by atoms with Crippen molar-refractivity contribution in [3.8, 4) is 0 Å². The number of carbonyl (C=O) groups excluding carboxylic acids is 3. The SMILES string of the molecule is CC1=C[C@@H]2N(c3ccccc31)[C@H](C(=O)c1ccccc1)[C@H](C(=O)c1ccc(Br)cc1)[C@]21C(=O)Nc2ccccc21. The highest BCUT2D eigenvalue weighted by Crippen LogP contribution is 2.58. The van der Waals surface area contributed by atoms with E-state index in [1.165, 1.54) is 0 Å². The van der Waals surface area contributed by atoms with Crippen molar-refractivity contribution in [3.05, 3.63) is 136 Å². The van der Waals surface area contributed by atoms with Crippen molar-refractivity contribution in [2.45, 2.75) is 24.4 Å². The molecule has 3 heterocycles. The van der Waals surface area contributed by atoms with Crippen molar-refractivity contribution in [1.29, 1.82) is 0 Å². The van der Waals surface area contributed by atoms with E-state index in [4.69, 9.17) is 0 Å². The summed E-state index contributed by atoms with van der Waals surface area (Å²) in [6, 6.07) is 30.3. The number of nitrogens with zero attached hydrogens (tertiary/aromatic N) is 1. The number of amides is 1. The molecule has 40 heavy (non-hydrogen) atoms. The van der Waals surface area contributed by atoms with Gasteiger partial charge in [0.2, 0.25) is 5.91 Å². The third kappa shape index (κ3) is 3.35. The van der Waals surface area contributed by atoms with Crippen LogP contribution in [0.4, 0.5) is 11.4 Å². The van der Waals surface area contributed by atoms with Gasteiger partial charge in [0.15, 0.2) is 11.6 Å². The van der Waals surface area contributed by atoms with E-state index >= 15 is 0 Å². The highest BCUT2D eigenvalue weighted by molar-refractivity contribution is 9.10. The summed E-state index contributed by atoms with van der Waals surface area (Å²) in [6.07, 6.45) is 2.07. The maximum Gasteiger partial charge on any atom is 0.238 e. The highest BCUT2D eigenvalue weighted by atomic mass is 79.9. The number of carbonyl (C=O) groups is 3. The minimum Gasteiger partial charge on any atom is -0.352 e. The lowest BCUT2D eigenvalue weighted by atomic mass is 9.64. The average molecular weight is 589 g/mol. The maximum atomic E-state index is 14.8. The number of allylic oxidation sites excluding steroid dienone is 1. The summed E-state index contributed by atoms with van der Waals surface area (Å²) in [4.78, 5) is 45.8. The average Bonchev–Trinajstić information content (AvgIpc) is 3.45. The second-order valence-electron chi connectivity index (χ2n) is 10.6. The number of hydrogen-bond acceptors (Lipinski definition) is 4. The summed E-state index contributed by atoms with van der Waals surface area (Å²) in [5.74, 6) is -1.65. The summed E-state index contributed by atoms with van der Waals surface area (Å²) in [7, 11) is 0. The van der Waals surface area contributed by atoms with E-state index in [9.17, 15) is 14.4 Å². The van der Waals surface area contributed by atoms with E-state index in [0.29, 0.717) is 16.8 Å².